The van der Waals surface area contributed by atoms with Crippen LogP contribution in [0.15, 0.2) is 49.1 Å². The predicted octanol–water partition coefficient (Wildman–Crippen LogP) is 4.71. The minimum absolute atomic E-state index is 0.102. The summed E-state index contributed by atoms with van der Waals surface area (Å²) in [5.41, 5.74) is 1.36. The normalized spacial score (nSPS) is 13.9. The zero-order chi connectivity index (χ0) is 20.6. The van der Waals surface area contributed by atoms with Crippen molar-refractivity contribution >= 4 is 28.6 Å². The summed E-state index contributed by atoms with van der Waals surface area (Å²) in [4.78, 5) is 12.0. The molecule has 1 rings (SSSR count). The molecular weight excluding hydrogens is 382 g/mol. The van der Waals surface area contributed by atoms with Crippen molar-refractivity contribution in [2.45, 2.75) is 51.3 Å². The van der Waals surface area contributed by atoms with Crippen molar-refractivity contribution in [1.29, 1.82) is 0 Å². The standard InChI is InChI=1S/C21H30ClNO3S/c1-7-9-19(14-17-10-12-18(22)13-11-17)23(27(25)21(4,5)6)15-16(3)20(24)26-8-2/h7,10-13,19H,1,3,8-9,14-15H2,2,4-6H3/t19-,27+/m1/s1. The molecule has 0 fully saturated rings. The number of halogens is 1. The van der Waals surface area contributed by atoms with Crippen LogP contribution in [0.5, 0.6) is 0 Å². The van der Waals surface area contributed by atoms with Crippen LogP contribution in [0, 0.1) is 0 Å². The summed E-state index contributed by atoms with van der Waals surface area (Å²) >= 11 is 5.98. The van der Waals surface area contributed by atoms with Crippen molar-refractivity contribution in [2.24, 2.45) is 0 Å². The molecule has 0 aromatic heterocycles. The fraction of sp³-hybridized carbons (Fsp3) is 0.476. The van der Waals surface area contributed by atoms with E-state index in [2.05, 4.69) is 13.2 Å². The van der Waals surface area contributed by atoms with Crippen LogP contribution < -0.4 is 0 Å². The van der Waals surface area contributed by atoms with Gasteiger partial charge in [0.15, 0.2) is 0 Å². The smallest absolute Gasteiger partial charge is 0.334 e. The first kappa shape index (κ1) is 23.6. The van der Waals surface area contributed by atoms with Gasteiger partial charge in [0, 0.05) is 23.2 Å². The van der Waals surface area contributed by atoms with Gasteiger partial charge in [-0.3, -0.25) is 0 Å². The lowest BCUT2D eigenvalue weighted by atomic mass is 10.0. The summed E-state index contributed by atoms with van der Waals surface area (Å²) in [6.45, 7) is 15.6. The van der Waals surface area contributed by atoms with Gasteiger partial charge in [0.2, 0.25) is 0 Å². The Bertz CT molecular complexity index is 680. The average molecular weight is 412 g/mol. The van der Waals surface area contributed by atoms with Gasteiger partial charge in [-0.25, -0.2) is 13.3 Å². The number of esters is 1. The van der Waals surface area contributed by atoms with Gasteiger partial charge in [-0.05, 0) is 58.2 Å². The largest absolute Gasteiger partial charge is 0.463 e. The summed E-state index contributed by atoms with van der Waals surface area (Å²) in [6.07, 6.45) is 3.09. The Morgan fingerprint density at radius 3 is 2.41 bits per heavy atom. The third-order valence-electron chi connectivity index (χ3n) is 3.88. The molecule has 0 N–H and O–H groups in total. The van der Waals surface area contributed by atoms with Crippen LogP contribution in [0.2, 0.25) is 5.02 Å². The van der Waals surface area contributed by atoms with E-state index in [1.54, 1.807) is 13.0 Å². The van der Waals surface area contributed by atoms with Crippen LogP contribution in [0.4, 0.5) is 0 Å². The van der Waals surface area contributed by atoms with Crippen LogP contribution in [-0.4, -0.2) is 38.4 Å². The molecule has 1 aromatic carbocycles. The highest BCUT2D eigenvalue weighted by Gasteiger charge is 2.32. The highest BCUT2D eigenvalue weighted by atomic mass is 35.5. The van der Waals surface area contributed by atoms with Gasteiger partial charge >= 0.3 is 5.97 Å². The Labute approximate surface area is 170 Å². The summed E-state index contributed by atoms with van der Waals surface area (Å²) < 4.78 is 19.6. The number of benzene rings is 1. The van der Waals surface area contributed by atoms with Crippen LogP contribution >= 0.6 is 11.6 Å². The molecule has 0 radical (unpaired) electrons. The van der Waals surface area contributed by atoms with Gasteiger partial charge in [0.25, 0.3) is 0 Å². The monoisotopic (exact) mass is 411 g/mol. The molecule has 0 bridgehead atoms. The van der Waals surface area contributed by atoms with E-state index < -0.39 is 21.7 Å². The summed E-state index contributed by atoms with van der Waals surface area (Å²) in [5.74, 6) is -0.461. The molecule has 0 saturated heterocycles. The van der Waals surface area contributed by atoms with E-state index in [4.69, 9.17) is 16.3 Å². The van der Waals surface area contributed by atoms with Crippen molar-refractivity contribution in [3.8, 4) is 0 Å². The summed E-state index contributed by atoms with van der Waals surface area (Å²) in [5, 5.41) is 0.671. The molecule has 6 heteroatoms. The van der Waals surface area contributed by atoms with E-state index in [1.165, 1.54) is 0 Å². The second-order valence-electron chi connectivity index (χ2n) is 7.27. The maximum atomic E-state index is 13.2. The van der Waals surface area contributed by atoms with E-state index in [0.29, 0.717) is 23.4 Å². The van der Waals surface area contributed by atoms with Crippen LogP contribution in [0.1, 0.15) is 39.7 Å². The van der Waals surface area contributed by atoms with Gasteiger partial charge in [-0.1, -0.05) is 36.4 Å². The molecule has 1 aromatic rings. The molecule has 0 saturated carbocycles. The molecule has 27 heavy (non-hydrogen) atoms. The van der Waals surface area contributed by atoms with Crippen molar-refractivity contribution in [1.82, 2.24) is 4.31 Å². The number of rotatable bonds is 10. The van der Waals surface area contributed by atoms with Crippen molar-refractivity contribution in [3.63, 3.8) is 0 Å². The lowest BCUT2D eigenvalue weighted by molar-refractivity contribution is -0.138. The molecule has 150 valence electrons. The van der Waals surface area contributed by atoms with Gasteiger partial charge < -0.3 is 4.74 Å². The van der Waals surface area contributed by atoms with Crippen molar-refractivity contribution in [2.75, 3.05) is 13.2 Å². The quantitative estimate of drug-likeness (QED) is 0.318. The molecule has 0 unspecified atom stereocenters. The zero-order valence-corrected chi connectivity index (χ0v) is 18.2. The van der Waals surface area contributed by atoms with Gasteiger partial charge in [0.05, 0.1) is 11.4 Å². The van der Waals surface area contributed by atoms with E-state index in [-0.39, 0.29) is 19.2 Å². The topological polar surface area (TPSA) is 46.6 Å². The minimum Gasteiger partial charge on any atom is -0.463 e. The van der Waals surface area contributed by atoms with Gasteiger partial charge in [-0.15, -0.1) is 6.58 Å². The first-order valence-corrected chi connectivity index (χ1v) is 10.5. The Balaban J connectivity index is 3.15. The molecular formula is C21H30ClNO3S. The zero-order valence-electron chi connectivity index (χ0n) is 16.7. The maximum Gasteiger partial charge on any atom is 0.334 e. The molecule has 0 amide bonds. The fourth-order valence-corrected chi connectivity index (χ4v) is 4.08. The average Bonchev–Trinajstić information content (AvgIpc) is 2.59. The Morgan fingerprint density at radius 2 is 1.93 bits per heavy atom. The molecule has 0 aliphatic carbocycles. The van der Waals surface area contributed by atoms with E-state index in [0.717, 1.165) is 5.56 Å². The molecule has 0 heterocycles. The van der Waals surface area contributed by atoms with Crippen LogP contribution in [-0.2, 0) is 26.9 Å². The molecule has 4 nitrogen and oxygen atoms in total. The highest BCUT2D eigenvalue weighted by Crippen LogP contribution is 2.24. The van der Waals surface area contributed by atoms with Gasteiger partial charge in [-0.2, -0.15) is 0 Å². The number of nitrogens with zero attached hydrogens (tertiary/aromatic N) is 1. The Morgan fingerprint density at radius 1 is 1.33 bits per heavy atom. The second kappa shape index (κ2) is 10.8. The number of ether oxygens (including phenoxy) is 1. The third kappa shape index (κ3) is 7.60. The summed E-state index contributed by atoms with van der Waals surface area (Å²) in [6, 6.07) is 7.48. The van der Waals surface area contributed by atoms with Crippen molar-refractivity contribution < 1.29 is 13.7 Å². The molecule has 0 spiro atoms. The fourth-order valence-electron chi connectivity index (χ4n) is 2.55. The molecule has 0 aliphatic heterocycles. The predicted molar refractivity (Wildman–Crippen MR) is 114 cm³/mol. The lowest BCUT2D eigenvalue weighted by Crippen LogP contribution is -2.46. The first-order chi connectivity index (χ1) is 12.6. The number of hydrogen-bond acceptors (Lipinski definition) is 3. The Kier molecular flexibility index (Phi) is 9.43. The number of carbonyl (C=O) groups is 1. The van der Waals surface area contributed by atoms with Crippen LogP contribution in [0.25, 0.3) is 0 Å². The molecule has 0 aliphatic rings. The van der Waals surface area contributed by atoms with E-state index in [9.17, 15) is 9.00 Å². The summed E-state index contributed by atoms with van der Waals surface area (Å²) in [7, 11) is -1.33. The minimum atomic E-state index is -1.33. The lowest BCUT2D eigenvalue weighted by Gasteiger charge is -2.35. The number of carbonyl (C=O) groups excluding carboxylic acids is 1. The van der Waals surface area contributed by atoms with Gasteiger partial charge in [0.1, 0.15) is 11.0 Å². The number of hydrogen-bond donors (Lipinski definition) is 0. The Hall–Kier alpha value is -1.43. The second-order valence-corrected chi connectivity index (χ2v) is 9.90. The van der Waals surface area contributed by atoms with Crippen LogP contribution in [0.3, 0.4) is 0 Å². The third-order valence-corrected chi connectivity index (χ3v) is 6.03. The maximum absolute atomic E-state index is 13.2. The SMILES string of the molecule is C=CC[C@H](Cc1ccc(Cl)cc1)N(CC(=C)C(=O)OCC)[S@@](=O)C(C)(C)C. The van der Waals surface area contributed by atoms with Crippen molar-refractivity contribution in [3.05, 3.63) is 59.7 Å². The highest BCUT2D eigenvalue weighted by molar-refractivity contribution is 7.84. The van der Waals surface area contributed by atoms with E-state index >= 15 is 0 Å². The first-order valence-electron chi connectivity index (χ1n) is 8.99. The molecule has 2 atom stereocenters. The van der Waals surface area contributed by atoms with E-state index in [1.807, 2.05) is 49.3 Å².